The predicted octanol–water partition coefficient (Wildman–Crippen LogP) is 3.14. The lowest BCUT2D eigenvalue weighted by Gasteiger charge is -2.17. The molecule has 0 aliphatic rings. The lowest BCUT2D eigenvalue weighted by atomic mass is 10.0. The van der Waals surface area contributed by atoms with Gasteiger partial charge in [0.25, 0.3) is 0 Å². The van der Waals surface area contributed by atoms with Crippen LogP contribution in [0.2, 0.25) is 0 Å². The molecule has 1 aromatic rings. The maximum atomic E-state index is 5.43. The topological polar surface area (TPSA) is 12.5 Å². The molecular formula is C13H21NOS. The maximum Gasteiger partial charge on any atom is 0.123 e. The van der Waals surface area contributed by atoms with Gasteiger partial charge in [-0.3, -0.25) is 4.90 Å². The van der Waals surface area contributed by atoms with Gasteiger partial charge in [-0.1, -0.05) is 26.0 Å². The summed E-state index contributed by atoms with van der Waals surface area (Å²) in [5.74, 6) is 2.25. The van der Waals surface area contributed by atoms with Crippen LogP contribution in [-0.2, 0) is 6.54 Å². The second-order valence-corrected chi connectivity index (χ2v) is 4.66. The Morgan fingerprint density at radius 1 is 1.38 bits per heavy atom. The summed E-state index contributed by atoms with van der Waals surface area (Å²) in [6, 6.07) is 6.45. The van der Waals surface area contributed by atoms with Crippen LogP contribution in [0.15, 0.2) is 18.2 Å². The first-order valence-electron chi connectivity index (χ1n) is 5.54. The molecule has 0 radical (unpaired) electrons. The first-order valence-corrected chi connectivity index (χ1v) is 6.18. The monoisotopic (exact) mass is 239 g/mol. The molecule has 1 rings (SSSR count). The van der Waals surface area contributed by atoms with Gasteiger partial charge in [-0.25, -0.2) is 0 Å². The Balaban J connectivity index is 2.93. The quantitative estimate of drug-likeness (QED) is 0.626. The third-order valence-corrected chi connectivity index (χ3v) is 3.14. The van der Waals surface area contributed by atoms with E-state index in [0.29, 0.717) is 5.92 Å². The van der Waals surface area contributed by atoms with Crippen molar-refractivity contribution < 1.29 is 4.74 Å². The van der Waals surface area contributed by atoms with Crippen molar-refractivity contribution in [3.63, 3.8) is 0 Å². The number of methoxy groups -OCH3 is 1. The van der Waals surface area contributed by atoms with E-state index in [1.807, 2.05) is 7.05 Å². The van der Waals surface area contributed by atoms with Gasteiger partial charge < -0.3 is 4.74 Å². The third kappa shape index (κ3) is 3.42. The number of ether oxygens (including phenoxy) is 1. The van der Waals surface area contributed by atoms with E-state index in [1.54, 1.807) is 7.11 Å². The second-order valence-electron chi connectivity index (χ2n) is 4.38. The van der Waals surface area contributed by atoms with Gasteiger partial charge in [0.15, 0.2) is 0 Å². The fraction of sp³-hybridized carbons (Fsp3) is 0.538. The van der Waals surface area contributed by atoms with Gasteiger partial charge in [-0.05, 0) is 24.6 Å². The Kier molecular flexibility index (Phi) is 5.16. The SMILES string of the molecule is COc1cc(C(C)C)ccc1CN(C)CS. The largest absolute Gasteiger partial charge is 0.496 e. The number of rotatable bonds is 5. The van der Waals surface area contributed by atoms with Crippen LogP contribution < -0.4 is 4.74 Å². The van der Waals surface area contributed by atoms with Crippen LogP contribution in [0, 0.1) is 0 Å². The van der Waals surface area contributed by atoms with E-state index in [-0.39, 0.29) is 0 Å². The van der Waals surface area contributed by atoms with Crippen molar-refractivity contribution in [2.45, 2.75) is 26.3 Å². The summed E-state index contributed by atoms with van der Waals surface area (Å²) in [7, 11) is 3.77. The molecule has 0 fully saturated rings. The van der Waals surface area contributed by atoms with E-state index in [0.717, 1.165) is 18.2 Å². The van der Waals surface area contributed by atoms with Gasteiger partial charge in [-0.15, -0.1) is 0 Å². The minimum absolute atomic E-state index is 0.533. The van der Waals surface area contributed by atoms with E-state index in [1.165, 1.54) is 11.1 Å². The number of nitrogens with zero attached hydrogens (tertiary/aromatic N) is 1. The van der Waals surface area contributed by atoms with Crippen molar-refractivity contribution in [2.24, 2.45) is 0 Å². The molecule has 16 heavy (non-hydrogen) atoms. The van der Waals surface area contributed by atoms with Gasteiger partial charge in [0.05, 0.1) is 7.11 Å². The molecule has 1 aromatic carbocycles. The molecule has 0 bridgehead atoms. The Labute approximate surface area is 104 Å². The predicted molar refractivity (Wildman–Crippen MR) is 72.4 cm³/mol. The highest BCUT2D eigenvalue weighted by molar-refractivity contribution is 7.80. The molecule has 0 aliphatic carbocycles. The van der Waals surface area contributed by atoms with Crippen LogP contribution >= 0.6 is 12.6 Å². The van der Waals surface area contributed by atoms with Crippen LogP contribution in [0.4, 0.5) is 0 Å². The molecule has 3 heteroatoms. The molecular weight excluding hydrogens is 218 g/mol. The van der Waals surface area contributed by atoms with Crippen LogP contribution in [0.1, 0.15) is 30.9 Å². The molecule has 0 N–H and O–H groups in total. The smallest absolute Gasteiger partial charge is 0.123 e. The highest BCUT2D eigenvalue weighted by Crippen LogP contribution is 2.25. The highest BCUT2D eigenvalue weighted by Gasteiger charge is 2.08. The van der Waals surface area contributed by atoms with E-state index in [2.05, 4.69) is 49.6 Å². The molecule has 0 amide bonds. The summed E-state index contributed by atoms with van der Waals surface area (Å²) in [6.07, 6.45) is 0. The molecule has 0 aliphatic heterocycles. The fourth-order valence-electron chi connectivity index (χ4n) is 1.59. The van der Waals surface area contributed by atoms with Crippen LogP contribution in [0.3, 0.4) is 0 Å². The summed E-state index contributed by atoms with van der Waals surface area (Å²) in [4.78, 5) is 2.13. The molecule has 90 valence electrons. The van der Waals surface area contributed by atoms with Crippen LogP contribution in [0.25, 0.3) is 0 Å². The van der Waals surface area contributed by atoms with Crippen molar-refractivity contribution in [1.82, 2.24) is 4.90 Å². The molecule has 0 saturated heterocycles. The molecule has 0 saturated carbocycles. The summed E-state index contributed by atoms with van der Waals surface area (Å²) in [6.45, 7) is 5.24. The zero-order valence-corrected chi connectivity index (χ0v) is 11.4. The van der Waals surface area contributed by atoms with Crippen LogP contribution in [-0.4, -0.2) is 24.9 Å². The average molecular weight is 239 g/mol. The third-order valence-electron chi connectivity index (χ3n) is 2.66. The summed E-state index contributed by atoms with van der Waals surface area (Å²) < 4.78 is 5.43. The van der Waals surface area contributed by atoms with Gasteiger partial charge >= 0.3 is 0 Å². The van der Waals surface area contributed by atoms with E-state index >= 15 is 0 Å². The number of benzene rings is 1. The van der Waals surface area contributed by atoms with Gasteiger partial charge in [0.1, 0.15) is 5.75 Å². The van der Waals surface area contributed by atoms with Crippen molar-refractivity contribution in [3.05, 3.63) is 29.3 Å². The maximum absolute atomic E-state index is 5.43. The van der Waals surface area contributed by atoms with Crippen molar-refractivity contribution >= 4 is 12.6 Å². The first kappa shape index (κ1) is 13.4. The minimum Gasteiger partial charge on any atom is -0.496 e. The molecule has 0 atom stereocenters. The van der Waals surface area contributed by atoms with Crippen molar-refractivity contribution in [1.29, 1.82) is 0 Å². The molecule has 2 nitrogen and oxygen atoms in total. The Bertz CT molecular complexity index is 339. The Morgan fingerprint density at radius 2 is 2.06 bits per heavy atom. The van der Waals surface area contributed by atoms with E-state index in [4.69, 9.17) is 4.74 Å². The normalized spacial score (nSPS) is 11.2. The average Bonchev–Trinajstić information content (AvgIpc) is 2.29. The second kappa shape index (κ2) is 6.16. The Morgan fingerprint density at radius 3 is 2.56 bits per heavy atom. The standard InChI is InChI=1S/C13H21NOS/c1-10(2)11-5-6-12(8-14(3)9-16)13(7-11)15-4/h5-7,10,16H,8-9H2,1-4H3. The number of hydrogen-bond donors (Lipinski definition) is 1. The van der Waals surface area contributed by atoms with Crippen molar-refractivity contribution in [3.8, 4) is 5.75 Å². The zero-order chi connectivity index (χ0) is 12.1. The molecule has 0 heterocycles. The Hall–Kier alpha value is -0.670. The molecule has 0 unspecified atom stereocenters. The van der Waals surface area contributed by atoms with Gasteiger partial charge in [0, 0.05) is 18.0 Å². The lowest BCUT2D eigenvalue weighted by molar-refractivity contribution is 0.363. The van der Waals surface area contributed by atoms with Gasteiger partial charge in [0.2, 0.25) is 0 Å². The highest BCUT2D eigenvalue weighted by atomic mass is 32.1. The fourth-order valence-corrected chi connectivity index (χ4v) is 1.69. The lowest BCUT2D eigenvalue weighted by Crippen LogP contribution is -2.16. The van der Waals surface area contributed by atoms with E-state index in [9.17, 15) is 0 Å². The summed E-state index contributed by atoms with van der Waals surface area (Å²) in [5.41, 5.74) is 2.53. The van der Waals surface area contributed by atoms with Crippen LogP contribution in [0.5, 0.6) is 5.75 Å². The summed E-state index contributed by atoms with van der Waals surface area (Å²) in [5, 5.41) is 0. The zero-order valence-electron chi connectivity index (χ0n) is 10.5. The minimum atomic E-state index is 0.533. The van der Waals surface area contributed by atoms with E-state index < -0.39 is 0 Å². The van der Waals surface area contributed by atoms with Crippen molar-refractivity contribution in [2.75, 3.05) is 20.0 Å². The summed E-state index contributed by atoms with van der Waals surface area (Å²) >= 11 is 4.25. The molecule has 0 aromatic heterocycles. The molecule has 0 spiro atoms. The number of hydrogen-bond acceptors (Lipinski definition) is 3. The first-order chi connectivity index (χ1) is 7.58. The van der Waals surface area contributed by atoms with Gasteiger partial charge in [-0.2, -0.15) is 12.6 Å². The number of thiol groups is 1.